The van der Waals surface area contributed by atoms with E-state index in [-0.39, 0.29) is 16.9 Å². The van der Waals surface area contributed by atoms with Crippen LogP contribution in [0.4, 0.5) is 0 Å². The maximum Gasteiger partial charge on any atom is 0.240 e. The van der Waals surface area contributed by atoms with Crippen molar-refractivity contribution in [3.8, 4) is 0 Å². The average Bonchev–Trinajstić information content (AvgIpc) is 2.43. The van der Waals surface area contributed by atoms with E-state index in [0.29, 0.717) is 19.8 Å². The molecule has 1 atom stereocenters. The summed E-state index contributed by atoms with van der Waals surface area (Å²) in [5.74, 6) is 0.152. The largest absolute Gasteiger partial charge is 0.380 e. The number of benzene rings is 1. The number of rotatable bonds is 8. The maximum atomic E-state index is 12.3. The van der Waals surface area contributed by atoms with Gasteiger partial charge in [-0.3, -0.25) is 0 Å². The Morgan fingerprint density at radius 3 is 2.30 bits per heavy atom. The van der Waals surface area contributed by atoms with Crippen LogP contribution in [0.1, 0.15) is 26.3 Å². The fourth-order valence-corrected chi connectivity index (χ4v) is 3.05. The first kappa shape index (κ1) is 17.1. The number of nitrogens with one attached hydrogen (secondary N) is 1. The fourth-order valence-electron chi connectivity index (χ4n) is 1.68. The van der Waals surface area contributed by atoms with E-state index in [2.05, 4.69) is 4.72 Å². The Bertz CT molecular complexity index is 498. The molecule has 0 radical (unpaired) electrons. The minimum absolute atomic E-state index is 0.152. The van der Waals surface area contributed by atoms with Crippen LogP contribution in [0.2, 0.25) is 0 Å². The third-order valence-corrected chi connectivity index (χ3v) is 4.59. The average molecular weight is 300 g/mol. The Labute approximate surface area is 121 Å². The first-order valence-corrected chi connectivity index (χ1v) is 8.28. The van der Waals surface area contributed by atoms with Gasteiger partial charge in [0.1, 0.15) is 0 Å². The molecule has 0 saturated carbocycles. The monoisotopic (exact) mass is 300 g/mol. The van der Waals surface area contributed by atoms with Gasteiger partial charge in [-0.05, 0) is 30.5 Å². The Kier molecular flexibility index (Phi) is 6.61. The zero-order chi connectivity index (χ0) is 15.2. The van der Waals surface area contributed by atoms with E-state index in [4.69, 9.17) is 10.5 Å². The van der Waals surface area contributed by atoms with Crippen molar-refractivity contribution in [2.24, 2.45) is 11.7 Å². The highest BCUT2D eigenvalue weighted by Gasteiger charge is 2.22. The molecule has 114 valence electrons. The van der Waals surface area contributed by atoms with Gasteiger partial charge >= 0.3 is 0 Å². The van der Waals surface area contributed by atoms with Crippen molar-refractivity contribution < 1.29 is 13.2 Å². The molecular weight excluding hydrogens is 276 g/mol. The quantitative estimate of drug-likeness (QED) is 0.762. The van der Waals surface area contributed by atoms with Gasteiger partial charge in [-0.25, -0.2) is 13.1 Å². The number of ether oxygens (including phenoxy) is 1. The van der Waals surface area contributed by atoms with Crippen LogP contribution in [-0.2, 0) is 21.3 Å². The van der Waals surface area contributed by atoms with E-state index in [1.807, 2.05) is 20.8 Å². The fraction of sp³-hybridized carbons (Fsp3) is 0.571. The summed E-state index contributed by atoms with van der Waals surface area (Å²) in [6.07, 6.45) is 0. The number of hydrogen-bond acceptors (Lipinski definition) is 4. The third kappa shape index (κ3) is 4.86. The van der Waals surface area contributed by atoms with E-state index < -0.39 is 10.0 Å². The molecule has 1 rings (SSSR count). The molecule has 0 aromatic heterocycles. The lowest BCUT2D eigenvalue weighted by atomic mass is 10.1. The molecule has 0 bridgehead atoms. The molecule has 0 spiro atoms. The third-order valence-electron chi connectivity index (χ3n) is 3.08. The smallest absolute Gasteiger partial charge is 0.240 e. The molecule has 0 fully saturated rings. The van der Waals surface area contributed by atoms with Gasteiger partial charge in [0.05, 0.1) is 11.5 Å². The highest BCUT2D eigenvalue weighted by atomic mass is 32.2. The summed E-state index contributed by atoms with van der Waals surface area (Å²) in [6, 6.07) is 6.35. The van der Waals surface area contributed by atoms with E-state index >= 15 is 0 Å². The summed E-state index contributed by atoms with van der Waals surface area (Å²) in [7, 11) is -3.53. The van der Waals surface area contributed by atoms with Crippen LogP contribution in [-0.4, -0.2) is 27.7 Å². The molecule has 1 unspecified atom stereocenters. The van der Waals surface area contributed by atoms with Crippen LogP contribution in [0.25, 0.3) is 0 Å². The summed E-state index contributed by atoms with van der Waals surface area (Å²) in [6.45, 7) is 7.14. The van der Waals surface area contributed by atoms with Gasteiger partial charge in [-0.1, -0.05) is 26.0 Å². The summed E-state index contributed by atoms with van der Waals surface area (Å²) >= 11 is 0. The molecule has 5 nitrogen and oxygen atoms in total. The van der Waals surface area contributed by atoms with Crippen molar-refractivity contribution in [3.63, 3.8) is 0 Å². The van der Waals surface area contributed by atoms with Gasteiger partial charge in [0.25, 0.3) is 0 Å². The summed E-state index contributed by atoms with van der Waals surface area (Å²) < 4.78 is 32.7. The first-order valence-electron chi connectivity index (χ1n) is 6.79. The Morgan fingerprint density at radius 1 is 1.25 bits per heavy atom. The lowest BCUT2D eigenvalue weighted by Crippen LogP contribution is -2.41. The Morgan fingerprint density at radius 2 is 1.85 bits per heavy atom. The highest BCUT2D eigenvalue weighted by molar-refractivity contribution is 7.89. The van der Waals surface area contributed by atoms with Crippen LogP contribution in [0.5, 0.6) is 0 Å². The molecule has 1 aromatic carbocycles. The lowest BCUT2D eigenvalue weighted by Gasteiger charge is -2.22. The number of hydrogen-bond donors (Lipinski definition) is 2. The van der Waals surface area contributed by atoms with Crippen LogP contribution in [0.3, 0.4) is 0 Å². The lowest BCUT2D eigenvalue weighted by molar-refractivity contribution is 0.116. The molecule has 0 aliphatic rings. The standard InChI is InChI=1S/C14H24N2O3S/c1-4-19-10-14(11(2)3)16-20(17,18)13-7-5-12(9-15)6-8-13/h5-8,11,14,16H,4,9-10,15H2,1-3H3. The second-order valence-corrected chi connectivity index (χ2v) is 6.69. The second-order valence-electron chi connectivity index (χ2n) is 4.98. The summed E-state index contributed by atoms with van der Waals surface area (Å²) in [5.41, 5.74) is 6.40. The van der Waals surface area contributed by atoms with Crippen molar-refractivity contribution in [2.75, 3.05) is 13.2 Å². The van der Waals surface area contributed by atoms with E-state index in [0.717, 1.165) is 5.56 Å². The number of sulfonamides is 1. The summed E-state index contributed by atoms with van der Waals surface area (Å²) in [5, 5.41) is 0. The molecule has 0 aliphatic heterocycles. The van der Waals surface area contributed by atoms with Crippen molar-refractivity contribution in [3.05, 3.63) is 29.8 Å². The van der Waals surface area contributed by atoms with Gasteiger partial charge in [-0.2, -0.15) is 0 Å². The highest BCUT2D eigenvalue weighted by Crippen LogP contribution is 2.13. The topological polar surface area (TPSA) is 81.4 Å². The number of nitrogens with two attached hydrogens (primary N) is 1. The van der Waals surface area contributed by atoms with Crippen LogP contribution in [0, 0.1) is 5.92 Å². The van der Waals surface area contributed by atoms with E-state index in [1.54, 1.807) is 24.3 Å². The second kappa shape index (κ2) is 7.73. The van der Waals surface area contributed by atoms with Gasteiger partial charge in [-0.15, -0.1) is 0 Å². The molecule has 1 aromatic rings. The molecule has 3 N–H and O–H groups in total. The first-order chi connectivity index (χ1) is 9.40. The van der Waals surface area contributed by atoms with Crippen LogP contribution in [0.15, 0.2) is 29.2 Å². The minimum Gasteiger partial charge on any atom is -0.380 e. The predicted octanol–water partition coefficient (Wildman–Crippen LogP) is 1.48. The summed E-state index contributed by atoms with van der Waals surface area (Å²) in [4.78, 5) is 0.247. The SMILES string of the molecule is CCOCC(NS(=O)(=O)c1ccc(CN)cc1)C(C)C. The van der Waals surface area contributed by atoms with Crippen molar-refractivity contribution in [2.45, 2.75) is 38.3 Å². The minimum atomic E-state index is -3.53. The normalized spacial score (nSPS) is 13.7. The van der Waals surface area contributed by atoms with Crippen LogP contribution >= 0.6 is 0 Å². The van der Waals surface area contributed by atoms with Crippen LogP contribution < -0.4 is 10.5 Å². The molecule has 0 amide bonds. The van der Waals surface area contributed by atoms with Crippen molar-refractivity contribution in [1.29, 1.82) is 0 Å². The zero-order valence-corrected chi connectivity index (χ0v) is 13.1. The molecule has 6 heteroatoms. The van der Waals surface area contributed by atoms with Crippen molar-refractivity contribution >= 4 is 10.0 Å². The molecule has 20 heavy (non-hydrogen) atoms. The Balaban J connectivity index is 2.85. The van der Waals surface area contributed by atoms with Gasteiger partial charge in [0, 0.05) is 19.2 Å². The molecule has 0 saturated heterocycles. The van der Waals surface area contributed by atoms with Gasteiger partial charge in [0.2, 0.25) is 10.0 Å². The maximum absolute atomic E-state index is 12.3. The predicted molar refractivity (Wildman–Crippen MR) is 79.8 cm³/mol. The van der Waals surface area contributed by atoms with E-state index in [1.165, 1.54) is 0 Å². The Hall–Kier alpha value is -0.950. The van der Waals surface area contributed by atoms with E-state index in [9.17, 15) is 8.42 Å². The zero-order valence-electron chi connectivity index (χ0n) is 12.3. The molecule has 0 aliphatic carbocycles. The van der Waals surface area contributed by atoms with Gasteiger partial charge < -0.3 is 10.5 Å². The van der Waals surface area contributed by atoms with Gasteiger partial charge in [0.15, 0.2) is 0 Å². The molecule has 0 heterocycles. The molecular formula is C14H24N2O3S. The van der Waals surface area contributed by atoms with Crippen molar-refractivity contribution in [1.82, 2.24) is 4.72 Å².